The topological polar surface area (TPSA) is 76.3 Å². The van der Waals surface area contributed by atoms with Crippen LogP contribution in [0.1, 0.15) is 42.4 Å². The fourth-order valence-electron chi connectivity index (χ4n) is 4.78. The fourth-order valence-corrected chi connectivity index (χ4v) is 4.78. The first-order valence-electron chi connectivity index (χ1n) is 11.5. The molecular formula is C28H31N3O2. The maximum Gasteiger partial charge on any atom is 0.229 e. The highest BCUT2D eigenvalue weighted by Crippen LogP contribution is 2.38. The van der Waals surface area contributed by atoms with Crippen LogP contribution in [0.5, 0.6) is 0 Å². The van der Waals surface area contributed by atoms with Crippen LogP contribution in [0, 0.1) is 12.3 Å². The molecule has 5 heteroatoms. The normalized spacial score (nSPS) is 16.2. The number of pyridine rings is 1. The van der Waals surface area contributed by atoms with Crippen molar-refractivity contribution in [1.82, 2.24) is 9.88 Å². The van der Waals surface area contributed by atoms with Gasteiger partial charge in [-0.1, -0.05) is 60.2 Å². The molecular weight excluding hydrogens is 410 g/mol. The maximum absolute atomic E-state index is 13.2. The SMILES string of the molecule is Cc1ccc([C@H](C)C(=O)N2CCC(Cc3ccccc3-c3cccnc3)(C(N)=O)CC2)cc1. The number of likely N-dealkylation sites (tertiary alicyclic amines) is 1. The van der Waals surface area contributed by atoms with Crippen molar-refractivity contribution in [2.24, 2.45) is 11.1 Å². The molecule has 1 atom stereocenters. The molecule has 0 saturated carbocycles. The van der Waals surface area contributed by atoms with Crippen LogP contribution in [0.3, 0.4) is 0 Å². The number of hydrogen-bond acceptors (Lipinski definition) is 3. The number of amides is 2. The molecule has 2 N–H and O–H groups in total. The third kappa shape index (κ3) is 4.82. The second kappa shape index (κ2) is 9.57. The largest absolute Gasteiger partial charge is 0.369 e. The summed E-state index contributed by atoms with van der Waals surface area (Å²) in [6, 6.07) is 20.1. The summed E-state index contributed by atoms with van der Waals surface area (Å²) in [5.41, 5.74) is 10.7. The molecule has 0 unspecified atom stereocenters. The number of carbonyl (C=O) groups excluding carboxylic acids is 2. The molecule has 0 radical (unpaired) electrons. The predicted octanol–water partition coefficient (Wildman–Crippen LogP) is 4.50. The Kier molecular flexibility index (Phi) is 6.59. The summed E-state index contributed by atoms with van der Waals surface area (Å²) in [5.74, 6) is -0.396. The maximum atomic E-state index is 13.2. The van der Waals surface area contributed by atoms with Gasteiger partial charge in [0.2, 0.25) is 11.8 Å². The third-order valence-electron chi connectivity index (χ3n) is 7.02. The summed E-state index contributed by atoms with van der Waals surface area (Å²) >= 11 is 0. The van der Waals surface area contributed by atoms with Crippen molar-refractivity contribution in [2.45, 2.75) is 39.0 Å². The molecule has 1 aliphatic heterocycles. The van der Waals surface area contributed by atoms with E-state index in [1.165, 1.54) is 5.56 Å². The highest BCUT2D eigenvalue weighted by Gasteiger charge is 2.42. The monoisotopic (exact) mass is 441 g/mol. The standard InChI is InChI=1S/C28H31N3O2/c1-20-9-11-22(12-10-20)21(2)26(32)31-16-13-28(14-17-31,27(29)33)18-23-6-3-4-8-25(23)24-7-5-15-30-19-24/h3-12,15,19,21H,13-14,16-18H2,1-2H3,(H2,29,33)/t21-/m0/s1. The molecule has 1 aliphatic rings. The van der Waals surface area contributed by atoms with Gasteiger partial charge in [0.25, 0.3) is 0 Å². The zero-order valence-corrected chi connectivity index (χ0v) is 19.3. The van der Waals surface area contributed by atoms with Crippen molar-refractivity contribution in [3.63, 3.8) is 0 Å². The van der Waals surface area contributed by atoms with Crippen molar-refractivity contribution in [2.75, 3.05) is 13.1 Å². The minimum atomic E-state index is -0.664. The quantitative estimate of drug-likeness (QED) is 0.612. The van der Waals surface area contributed by atoms with Crippen LogP contribution in [-0.4, -0.2) is 34.8 Å². The van der Waals surface area contributed by atoms with Crippen LogP contribution in [0.25, 0.3) is 11.1 Å². The Morgan fingerprint density at radius 3 is 2.36 bits per heavy atom. The number of hydrogen-bond donors (Lipinski definition) is 1. The first-order valence-corrected chi connectivity index (χ1v) is 11.5. The molecule has 33 heavy (non-hydrogen) atoms. The van der Waals surface area contributed by atoms with E-state index in [0.717, 1.165) is 22.3 Å². The van der Waals surface area contributed by atoms with E-state index >= 15 is 0 Å². The zero-order valence-electron chi connectivity index (χ0n) is 19.3. The van der Waals surface area contributed by atoms with Gasteiger partial charge in [0.1, 0.15) is 0 Å². The number of aromatic nitrogens is 1. The van der Waals surface area contributed by atoms with E-state index in [9.17, 15) is 9.59 Å². The van der Waals surface area contributed by atoms with Crippen LogP contribution >= 0.6 is 0 Å². The first-order chi connectivity index (χ1) is 15.9. The van der Waals surface area contributed by atoms with Gasteiger partial charge >= 0.3 is 0 Å². The van der Waals surface area contributed by atoms with Crippen molar-refractivity contribution >= 4 is 11.8 Å². The van der Waals surface area contributed by atoms with Crippen molar-refractivity contribution in [1.29, 1.82) is 0 Å². The molecule has 4 rings (SSSR count). The Morgan fingerprint density at radius 1 is 1.03 bits per heavy atom. The number of rotatable bonds is 6. The van der Waals surface area contributed by atoms with Gasteiger partial charge in [-0.05, 0) is 55.9 Å². The number of nitrogens with zero attached hydrogens (tertiary/aromatic N) is 2. The summed E-state index contributed by atoms with van der Waals surface area (Å²) in [6.07, 6.45) is 5.28. The molecule has 0 bridgehead atoms. The molecule has 0 spiro atoms. The van der Waals surface area contributed by atoms with Gasteiger partial charge < -0.3 is 10.6 Å². The first kappa shape index (κ1) is 22.7. The highest BCUT2D eigenvalue weighted by molar-refractivity contribution is 5.85. The van der Waals surface area contributed by atoms with E-state index in [0.29, 0.717) is 32.4 Å². The Hall–Kier alpha value is -3.47. The van der Waals surface area contributed by atoms with Gasteiger partial charge in [0, 0.05) is 31.0 Å². The molecule has 2 amide bonds. The zero-order chi connectivity index (χ0) is 23.4. The third-order valence-corrected chi connectivity index (χ3v) is 7.02. The molecule has 170 valence electrons. The van der Waals surface area contributed by atoms with Gasteiger partial charge in [-0.2, -0.15) is 0 Å². The van der Waals surface area contributed by atoms with E-state index in [1.807, 2.05) is 73.5 Å². The van der Waals surface area contributed by atoms with Crippen molar-refractivity contribution in [3.05, 3.63) is 89.7 Å². The van der Waals surface area contributed by atoms with Crippen molar-refractivity contribution < 1.29 is 9.59 Å². The number of carbonyl (C=O) groups is 2. The Labute approximate surface area is 195 Å². The van der Waals surface area contributed by atoms with Gasteiger partial charge in [-0.15, -0.1) is 0 Å². The summed E-state index contributed by atoms with van der Waals surface area (Å²) in [7, 11) is 0. The Bertz CT molecular complexity index is 1120. The Balaban J connectivity index is 1.51. The number of aryl methyl sites for hydroxylation is 1. The van der Waals surface area contributed by atoms with E-state index in [4.69, 9.17) is 5.73 Å². The fraction of sp³-hybridized carbons (Fsp3) is 0.321. The lowest BCUT2D eigenvalue weighted by atomic mass is 9.72. The lowest BCUT2D eigenvalue weighted by Gasteiger charge is -2.41. The van der Waals surface area contributed by atoms with Crippen LogP contribution in [0.2, 0.25) is 0 Å². The highest BCUT2D eigenvalue weighted by atomic mass is 16.2. The lowest BCUT2D eigenvalue weighted by molar-refractivity contribution is -0.139. The van der Waals surface area contributed by atoms with Crippen LogP contribution in [0.15, 0.2) is 73.1 Å². The Morgan fingerprint density at radius 2 is 1.73 bits per heavy atom. The smallest absolute Gasteiger partial charge is 0.229 e. The summed E-state index contributed by atoms with van der Waals surface area (Å²) in [5, 5.41) is 0. The van der Waals surface area contributed by atoms with Crippen LogP contribution < -0.4 is 5.73 Å². The molecule has 1 aromatic heterocycles. The second-order valence-corrected chi connectivity index (χ2v) is 9.18. The lowest BCUT2D eigenvalue weighted by Crippen LogP contribution is -2.50. The second-order valence-electron chi connectivity index (χ2n) is 9.18. The number of benzene rings is 2. The van der Waals surface area contributed by atoms with Gasteiger partial charge in [0.05, 0.1) is 11.3 Å². The molecule has 0 aliphatic carbocycles. The average Bonchev–Trinajstić information content (AvgIpc) is 2.85. The molecule has 2 heterocycles. The van der Waals surface area contributed by atoms with E-state index in [2.05, 4.69) is 17.1 Å². The molecule has 1 fully saturated rings. The minimum Gasteiger partial charge on any atom is -0.369 e. The molecule has 2 aromatic carbocycles. The minimum absolute atomic E-state index is 0.104. The van der Waals surface area contributed by atoms with E-state index in [-0.39, 0.29) is 17.7 Å². The van der Waals surface area contributed by atoms with E-state index < -0.39 is 5.41 Å². The number of piperidine rings is 1. The predicted molar refractivity (Wildman–Crippen MR) is 130 cm³/mol. The number of nitrogens with two attached hydrogens (primary N) is 1. The van der Waals surface area contributed by atoms with Crippen LogP contribution in [-0.2, 0) is 16.0 Å². The summed E-state index contributed by atoms with van der Waals surface area (Å²) in [4.78, 5) is 32.0. The summed E-state index contributed by atoms with van der Waals surface area (Å²) < 4.78 is 0. The van der Waals surface area contributed by atoms with Crippen LogP contribution in [0.4, 0.5) is 0 Å². The molecule has 3 aromatic rings. The van der Waals surface area contributed by atoms with Crippen molar-refractivity contribution in [3.8, 4) is 11.1 Å². The average molecular weight is 442 g/mol. The molecule has 1 saturated heterocycles. The number of primary amides is 1. The molecule has 5 nitrogen and oxygen atoms in total. The summed E-state index contributed by atoms with van der Waals surface area (Å²) in [6.45, 7) is 5.06. The van der Waals surface area contributed by atoms with E-state index in [1.54, 1.807) is 6.20 Å². The van der Waals surface area contributed by atoms with Gasteiger partial charge in [0.15, 0.2) is 0 Å². The van der Waals surface area contributed by atoms with Gasteiger partial charge in [-0.25, -0.2) is 0 Å². The van der Waals surface area contributed by atoms with Gasteiger partial charge in [-0.3, -0.25) is 14.6 Å².